The molecule has 23 heavy (non-hydrogen) atoms. The van der Waals surface area contributed by atoms with Crippen LogP contribution >= 0.6 is 11.3 Å². The Morgan fingerprint density at radius 1 is 0.957 bits per heavy atom. The van der Waals surface area contributed by atoms with Crippen molar-refractivity contribution in [2.45, 2.75) is 6.92 Å². The summed E-state index contributed by atoms with van der Waals surface area (Å²) in [6.07, 6.45) is 0. The van der Waals surface area contributed by atoms with Gasteiger partial charge in [0, 0.05) is 16.5 Å². The molecule has 0 fully saturated rings. The number of aryl methyl sites for hydroxylation is 1. The molecular weight excluding hydrogens is 306 g/mol. The largest absolute Gasteiger partial charge is 0.300 e. The summed E-state index contributed by atoms with van der Waals surface area (Å²) in [5, 5.41) is 6.54. The highest BCUT2D eigenvalue weighted by atomic mass is 32.1. The first-order chi connectivity index (χ1) is 11.2. The summed E-state index contributed by atoms with van der Waals surface area (Å²) in [6, 6.07) is 17.7. The summed E-state index contributed by atoms with van der Waals surface area (Å²) < 4.78 is 1.75. The quantitative estimate of drug-likeness (QED) is 0.565. The van der Waals surface area contributed by atoms with Gasteiger partial charge in [0.05, 0.1) is 5.69 Å². The van der Waals surface area contributed by atoms with Crippen LogP contribution < -0.4 is 5.56 Å². The molecule has 2 aromatic carbocycles. The SMILES string of the molecule is Cc1ccc(-c2nn3c(-c4ccccc4)csc3nc2=O)cc1. The van der Waals surface area contributed by atoms with Crippen molar-refractivity contribution in [3.05, 3.63) is 75.9 Å². The summed E-state index contributed by atoms with van der Waals surface area (Å²) in [7, 11) is 0. The van der Waals surface area contributed by atoms with Gasteiger partial charge in [-0.15, -0.1) is 11.3 Å². The maximum absolute atomic E-state index is 12.3. The second kappa shape index (κ2) is 5.44. The maximum atomic E-state index is 12.3. The molecule has 2 heterocycles. The summed E-state index contributed by atoms with van der Waals surface area (Å²) in [5.41, 5.74) is 3.99. The van der Waals surface area contributed by atoms with Crippen LogP contribution in [0.2, 0.25) is 0 Å². The van der Waals surface area contributed by atoms with E-state index in [-0.39, 0.29) is 5.56 Å². The monoisotopic (exact) mass is 319 g/mol. The fourth-order valence-electron chi connectivity index (χ4n) is 2.46. The summed E-state index contributed by atoms with van der Waals surface area (Å²) >= 11 is 1.42. The summed E-state index contributed by atoms with van der Waals surface area (Å²) in [4.78, 5) is 17.1. The predicted molar refractivity (Wildman–Crippen MR) is 92.7 cm³/mol. The summed E-state index contributed by atoms with van der Waals surface area (Å²) in [6.45, 7) is 2.01. The fourth-order valence-corrected chi connectivity index (χ4v) is 3.28. The molecule has 0 saturated heterocycles. The van der Waals surface area contributed by atoms with E-state index >= 15 is 0 Å². The number of rotatable bonds is 2. The lowest BCUT2D eigenvalue weighted by Gasteiger charge is -2.04. The van der Waals surface area contributed by atoms with Gasteiger partial charge in [0.25, 0.3) is 0 Å². The van der Waals surface area contributed by atoms with Crippen LogP contribution in [0.3, 0.4) is 0 Å². The van der Waals surface area contributed by atoms with Crippen molar-refractivity contribution >= 4 is 16.3 Å². The first-order valence-corrected chi connectivity index (χ1v) is 8.11. The lowest BCUT2D eigenvalue weighted by molar-refractivity contribution is 0.914. The van der Waals surface area contributed by atoms with E-state index in [0.29, 0.717) is 10.7 Å². The van der Waals surface area contributed by atoms with Gasteiger partial charge in [0.2, 0.25) is 4.96 Å². The van der Waals surface area contributed by atoms with Gasteiger partial charge in [-0.2, -0.15) is 10.1 Å². The van der Waals surface area contributed by atoms with Gasteiger partial charge in [-0.25, -0.2) is 4.52 Å². The minimum absolute atomic E-state index is 0.296. The van der Waals surface area contributed by atoms with E-state index in [1.807, 2.05) is 66.9 Å². The van der Waals surface area contributed by atoms with E-state index in [9.17, 15) is 4.79 Å². The van der Waals surface area contributed by atoms with Crippen LogP contribution in [-0.2, 0) is 0 Å². The Morgan fingerprint density at radius 3 is 2.43 bits per heavy atom. The average molecular weight is 319 g/mol. The van der Waals surface area contributed by atoms with E-state index in [1.165, 1.54) is 11.3 Å². The van der Waals surface area contributed by atoms with Crippen molar-refractivity contribution in [2.75, 3.05) is 0 Å². The first kappa shape index (κ1) is 13.8. The second-order valence-electron chi connectivity index (χ2n) is 5.31. The molecule has 0 aliphatic carbocycles. The maximum Gasteiger partial charge on any atom is 0.300 e. The van der Waals surface area contributed by atoms with Crippen molar-refractivity contribution in [1.82, 2.24) is 14.6 Å². The Balaban J connectivity index is 1.95. The van der Waals surface area contributed by atoms with Crippen LogP contribution in [0.15, 0.2) is 64.8 Å². The molecule has 0 radical (unpaired) electrons. The van der Waals surface area contributed by atoms with E-state index in [4.69, 9.17) is 0 Å². The zero-order valence-corrected chi connectivity index (χ0v) is 13.2. The summed E-state index contributed by atoms with van der Waals surface area (Å²) in [5.74, 6) is 0. The van der Waals surface area contributed by atoms with Crippen molar-refractivity contribution in [3.63, 3.8) is 0 Å². The molecule has 0 atom stereocenters. The molecular formula is C18H13N3OS. The zero-order valence-electron chi connectivity index (χ0n) is 12.4. The highest BCUT2D eigenvalue weighted by Gasteiger charge is 2.13. The minimum Gasteiger partial charge on any atom is -0.265 e. The number of fused-ring (bicyclic) bond motifs is 1. The van der Waals surface area contributed by atoms with Crippen LogP contribution in [0.1, 0.15) is 5.56 Å². The Labute approximate surface area is 136 Å². The molecule has 0 spiro atoms. The minimum atomic E-state index is -0.296. The molecule has 112 valence electrons. The number of hydrogen-bond donors (Lipinski definition) is 0. The number of aromatic nitrogens is 3. The fraction of sp³-hybridized carbons (Fsp3) is 0.0556. The highest BCUT2D eigenvalue weighted by molar-refractivity contribution is 7.15. The van der Waals surface area contributed by atoms with Crippen molar-refractivity contribution in [3.8, 4) is 22.5 Å². The molecule has 0 unspecified atom stereocenters. The van der Waals surface area contributed by atoms with Gasteiger partial charge in [0.15, 0.2) is 5.69 Å². The number of benzene rings is 2. The first-order valence-electron chi connectivity index (χ1n) is 7.23. The second-order valence-corrected chi connectivity index (χ2v) is 6.15. The van der Waals surface area contributed by atoms with E-state index in [0.717, 1.165) is 22.4 Å². The normalized spacial score (nSPS) is 11.0. The average Bonchev–Trinajstić information content (AvgIpc) is 2.98. The van der Waals surface area contributed by atoms with E-state index in [1.54, 1.807) is 4.52 Å². The third kappa shape index (κ3) is 2.45. The van der Waals surface area contributed by atoms with Gasteiger partial charge < -0.3 is 0 Å². The molecule has 2 aromatic heterocycles. The Kier molecular flexibility index (Phi) is 3.28. The van der Waals surface area contributed by atoms with E-state index < -0.39 is 0 Å². The molecule has 4 rings (SSSR count). The Bertz CT molecular complexity index is 1030. The third-order valence-electron chi connectivity index (χ3n) is 3.68. The molecule has 0 aliphatic heterocycles. The number of thiazole rings is 1. The van der Waals surface area contributed by atoms with Gasteiger partial charge in [-0.3, -0.25) is 4.79 Å². The molecule has 5 heteroatoms. The third-order valence-corrected chi connectivity index (χ3v) is 4.50. The molecule has 0 bridgehead atoms. The number of nitrogens with zero attached hydrogens (tertiary/aromatic N) is 3. The van der Waals surface area contributed by atoms with E-state index in [2.05, 4.69) is 10.1 Å². The van der Waals surface area contributed by atoms with Gasteiger partial charge in [-0.05, 0) is 6.92 Å². The van der Waals surface area contributed by atoms with Crippen LogP contribution in [0.25, 0.3) is 27.5 Å². The van der Waals surface area contributed by atoms with Crippen LogP contribution in [0, 0.1) is 6.92 Å². The smallest absolute Gasteiger partial charge is 0.265 e. The van der Waals surface area contributed by atoms with Crippen LogP contribution in [-0.4, -0.2) is 14.6 Å². The molecule has 4 aromatic rings. The predicted octanol–water partition coefficient (Wildman–Crippen LogP) is 3.79. The zero-order chi connectivity index (χ0) is 15.8. The van der Waals surface area contributed by atoms with Crippen LogP contribution in [0.4, 0.5) is 0 Å². The van der Waals surface area contributed by atoms with Crippen LogP contribution in [0.5, 0.6) is 0 Å². The topological polar surface area (TPSA) is 47.3 Å². The molecule has 4 nitrogen and oxygen atoms in total. The van der Waals surface area contributed by atoms with Crippen molar-refractivity contribution < 1.29 is 0 Å². The Hall–Kier alpha value is -2.79. The molecule has 0 amide bonds. The molecule has 0 saturated carbocycles. The molecule has 0 N–H and O–H groups in total. The van der Waals surface area contributed by atoms with Crippen molar-refractivity contribution in [2.24, 2.45) is 0 Å². The van der Waals surface area contributed by atoms with Gasteiger partial charge >= 0.3 is 5.56 Å². The lowest BCUT2D eigenvalue weighted by Crippen LogP contribution is -2.14. The Morgan fingerprint density at radius 2 is 1.70 bits per heavy atom. The molecule has 0 aliphatic rings. The van der Waals surface area contributed by atoms with Gasteiger partial charge in [0.1, 0.15) is 0 Å². The van der Waals surface area contributed by atoms with Gasteiger partial charge in [-0.1, -0.05) is 60.2 Å². The standard InChI is InChI=1S/C18H13N3OS/c1-12-7-9-14(10-8-12)16-17(22)19-18-21(20-16)15(11-23-18)13-5-3-2-4-6-13/h2-11H,1H3. The highest BCUT2D eigenvalue weighted by Crippen LogP contribution is 2.24. The van der Waals surface area contributed by atoms with Crippen molar-refractivity contribution in [1.29, 1.82) is 0 Å². The number of hydrogen-bond acceptors (Lipinski definition) is 4. The lowest BCUT2D eigenvalue weighted by atomic mass is 10.1.